The van der Waals surface area contributed by atoms with Gasteiger partial charge in [-0.1, -0.05) is 17.7 Å². The first-order valence-electron chi connectivity index (χ1n) is 10.7. The zero-order valence-electron chi connectivity index (χ0n) is 18.7. The lowest BCUT2D eigenvalue weighted by Crippen LogP contribution is -2.53. The summed E-state index contributed by atoms with van der Waals surface area (Å²) in [5.41, 5.74) is 1.92. The predicted octanol–water partition coefficient (Wildman–Crippen LogP) is 2.73. The van der Waals surface area contributed by atoms with Crippen LogP contribution in [0.3, 0.4) is 0 Å². The second-order valence-corrected chi connectivity index (χ2v) is 9.50. The first-order valence-corrected chi connectivity index (χ1v) is 11.1. The Balaban J connectivity index is 1.41. The van der Waals surface area contributed by atoms with Gasteiger partial charge >= 0.3 is 6.09 Å². The molecule has 5 rings (SSSR count). The largest absolute Gasteiger partial charge is 0.444 e. The molecule has 0 radical (unpaired) electrons. The highest BCUT2D eigenvalue weighted by Crippen LogP contribution is 2.36. The number of aromatic nitrogens is 5. The number of fused-ring (bicyclic) bond motifs is 5. The monoisotopic (exact) mass is 469 g/mol. The molecule has 2 aliphatic heterocycles. The van der Waals surface area contributed by atoms with Gasteiger partial charge in [0.2, 0.25) is 5.91 Å². The summed E-state index contributed by atoms with van der Waals surface area (Å²) in [5.74, 6) is 1.24. The number of nitrogens with zero attached hydrogens (tertiary/aromatic N) is 7. The molecular weight excluding hydrogens is 446 g/mol. The molecule has 11 heteroatoms. The number of rotatable bonds is 2. The molecule has 0 atom stereocenters. The van der Waals surface area contributed by atoms with Crippen LogP contribution in [0.15, 0.2) is 30.7 Å². The Kier molecular flexibility index (Phi) is 5.12. The minimum atomic E-state index is -0.609. The van der Waals surface area contributed by atoms with Crippen molar-refractivity contribution in [1.82, 2.24) is 34.1 Å². The van der Waals surface area contributed by atoms with Gasteiger partial charge in [-0.3, -0.25) is 14.3 Å². The van der Waals surface area contributed by atoms with Crippen LogP contribution in [0.5, 0.6) is 0 Å². The zero-order chi connectivity index (χ0) is 23.3. The molecular formula is C22H24ClN7O3. The van der Waals surface area contributed by atoms with Crippen molar-refractivity contribution in [3.63, 3.8) is 0 Å². The molecule has 10 nitrogen and oxygen atoms in total. The van der Waals surface area contributed by atoms with Gasteiger partial charge in [0.1, 0.15) is 24.3 Å². The van der Waals surface area contributed by atoms with E-state index in [9.17, 15) is 9.59 Å². The normalized spacial score (nSPS) is 15.6. The van der Waals surface area contributed by atoms with E-state index < -0.39 is 11.7 Å². The van der Waals surface area contributed by atoms with Crippen molar-refractivity contribution in [2.24, 2.45) is 0 Å². The van der Waals surface area contributed by atoms with Crippen LogP contribution >= 0.6 is 11.6 Å². The zero-order valence-corrected chi connectivity index (χ0v) is 19.4. The first kappa shape index (κ1) is 21.4. The fourth-order valence-corrected chi connectivity index (χ4v) is 4.38. The second-order valence-electron chi connectivity index (χ2n) is 9.09. The van der Waals surface area contributed by atoms with Crippen LogP contribution < -0.4 is 0 Å². The third-order valence-corrected chi connectivity index (χ3v) is 5.91. The highest BCUT2D eigenvalue weighted by atomic mass is 35.5. The summed E-state index contributed by atoms with van der Waals surface area (Å²) < 4.78 is 9.21. The van der Waals surface area contributed by atoms with Crippen molar-refractivity contribution in [1.29, 1.82) is 0 Å². The molecule has 0 spiro atoms. The molecule has 0 unspecified atom stereocenters. The van der Waals surface area contributed by atoms with E-state index in [0.717, 1.165) is 16.9 Å². The maximum Gasteiger partial charge on any atom is 0.410 e. The SMILES string of the molecule is CC(C)(C)OC(=O)N1CCN(Cc2ncc3n2-c2cccc(Cl)c2-c2ncnn2C3)C(=O)C1. The lowest BCUT2D eigenvalue weighted by atomic mass is 10.1. The van der Waals surface area contributed by atoms with Crippen LogP contribution in [-0.2, 0) is 22.6 Å². The minimum Gasteiger partial charge on any atom is -0.444 e. The van der Waals surface area contributed by atoms with Gasteiger partial charge in [-0.15, -0.1) is 0 Å². The minimum absolute atomic E-state index is 0.0236. The molecule has 2 amide bonds. The molecule has 0 N–H and O–H groups in total. The summed E-state index contributed by atoms with van der Waals surface area (Å²) in [6, 6.07) is 5.66. The molecule has 2 aliphatic rings. The molecule has 1 aromatic carbocycles. The number of imidazole rings is 1. The van der Waals surface area contributed by atoms with Crippen LogP contribution in [0.4, 0.5) is 4.79 Å². The van der Waals surface area contributed by atoms with E-state index in [2.05, 4.69) is 15.1 Å². The third-order valence-electron chi connectivity index (χ3n) is 5.59. The van der Waals surface area contributed by atoms with Crippen LogP contribution in [-0.4, -0.2) is 71.4 Å². The van der Waals surface area contributed by atoms with Crippen molar-refractivity contribution in [2.75, 3.05) is 19.6 Å². The Morgan fingerprint density at radius 3 is 2.76 bits per heavy atom. The van der Waals surface area contributed by atoms with E-state index in [1.54, 1.807) is 36.5 Å². The number of piperazine rings is 1. The van der Waals surface area contributed by atoms with Gasteiger partial charge < -0.3 is 9.64 Å². The molecule has 172 valence electrons. The van der Waals surface area contributed by atoms with Crippen LogP contribution in [0.2, 0.25) is 5.02 Å². The van der Waals surface area contributed by atoms with Crippen molar-refractivity contribution >= 4 is 23.6 Å². The Hall–Kier alpha value is -3.40. The number of hydrogen-bond acceptors (Lipinski definition) is 6. The lowest BCUT2D eigenvalue weighted by molar-refractivity contribution is -0.136. The van der Waals surface area contributed by atoms with E-state index >= 15 is 0 Å². The Bertz CT molecular complexity index is 1240. The number of ether oxygens (including phenoxy) is 1. The third kappa shape index (κ3) is 3.95. The average Bonchev–Trinajstić information content (AvgIpc) is 3.32. The highest BCUT2D eigenvalue weighted by molar-refractivity contribution is 6.33. The summed E-state index contributed by atoms with van der Waals surface area (Å²) in [5, 5.41) is 4.90. The molecule has 33 heavy (non-hydrogen) atoms. The van der Waals surface area contributed by atoms with Crippen molar-refractivity contribution in [2.45, 2.75) is 39.5 Å². The Morgan fingerprint density at radius 2 is 2.00 bits per heavy atom. The molecule has 2 aromatic heterocycles. The molecule has 0 saturated carbocycles. The van der Waals surface area contributed by atoms with Gasteiger partial charge in [-0.05, 0) is 32.9 Å². The van der Waals surface area contributed by atoms with Gasteiger partial charge in [-0.2, -0.15) is 5.10 Å². The maximum atomic E-state index is 12.9. The number of halogens is 1. The van der Waals surface area contributed by atoms with Crippen LogP contribution in [0.25, 0.3) is 17.1 Å². The molecule has 1 fully saturated rings. The van der Waals surface area contributed by atoms with E-state index in [-0.39, 0.29) is 12.5 Å². The smallest absolute Gasteiger partial charge is 0.410 e. The van der Waals surface area contributed by atoms with Crippen molar-refractivity contribution in [3.8, 4) is 17.1 Å². The molecule has 0 aliphatic carbocycles. The average molecular weight is 470 g/mol. The fraction of sp³-hybridized carbons (Fsp3) is 0.409. The second kappa shape index (κ2) is 7.87. The van der Waals surface area contributed by atoms with Gasteiger partial charge in [0.15, 0.2) is 5.82 Å². The van der Waals surface area contributed by atoms with Crippen molar-refractivity contribution in [3.05, 3.63) is 47.3 Å². The molecule has 0 bridgehead atoms. The van der Waals surface area contributed by atoms with E-state index in [4.69, 9.17) is 16.3 Å². The Morgan fingerprint density at radius 1 is 1.18 bits per heavy atom. The molecule has 4 heterocycles. The first-order chi connectivity index (χ1) is 15.7. The quantitative estimate of drug-likeness (QED) is 0.447. The van der Waals surface area contributed by atoms with Crippen LogP contribution in [0, 0.1) is 0 Å². The molecule has 3 aromatic rings. The Labute approximate surface area is 195 Å². The van der Waals surface area contributed by atoms with Crippen molar-refractivity contribution < 1.29 is 14.3 Å². The maximum absolute atomic E-state index is 12.9. The summed E-state index contributed by atoms with van der Waals surface area (Å²) in [4.78, 5) is 37.4. The summed E-state index contributed by atoms with van der Waals surface area (Å²) >= 11 is 6.56. The van der Waals surface area contributed by atoms with E-state index in [1.165, 1.54) is 11.2 Å². The van der Waals surface area contributed by atoms with Crippen LogP contribution in [0.1, 0.15) is 32.3 Å². The number of hydrogen-bond donors (Lipinski definition) is 0. The number of amides is 2. The van der Waals surface area contributed by atoms with Gasteiger partial charge in [0.05, 0.1) is 41.3 Å². The summed E-state index contributed by atoms with van der Waals surface area (Å²) in [7, 11) is 0. The van der Waals surface area contributed by atoms with E-state index in [1.807, 2.05) is 22.8 Å². The number of benzene rings is 1. The number of carbonyl (C=O) groups is 2. The predicted molar refractivity (Wildman–Crippen MR) is 120 cm³/mol. The van der Waals surface area contributed by atoms with Gasteiger partial charge in [-0.25, -0.2) is 19.4 Å². The summed E-state index contributed by atoms with van der Waals surface area (Å²) in [6.45, 7) is 6.97. The van der Waals surface area contributed by atoms with E-state index in [0.29, 0.717) is 42.9 Å². The number of carbonyl (C=O) groups excluding carboxylic acids is 2. The fourth-order valence-electron chi connectivity index (χ4n) is 4.12. The lowest BCUT2D eigenvalue weighted by Gasteiger charge is -2.35. The molecule has 1 saturated heterocycles. The van der Waals surface area contributed by atoms with Gasteiger partial charge in [0.25, 0.3) is 0 Å². The highest BCUT2D eigenvalue weighted by Gasteiger charge is 2.32. The summed E-state index contributed by atoms with van der Waals surface area (Å²) in [6.07, 6.45) is 2.83. The topological polar surface area (TPSA) is 98.4 Å². The van der Waals surface area contributed by atoms with Gasteiger partial charge in [0, 0.05) is 13.1 Å². The standard InChI is InChI=1S/C22H24ClN7O3/c1-22(2,3)33-21(32)28-8-7-27(18(31)12-28)11-17-24-9-14-10-29-20(25-13-26-29)19-15(23)5-4-6-16(19)30(14)17/h4-6,9,13H,7-8,10-12H2,1-3H3.